The zero-order valence-corrected chi connectivity index (χ0v) is 13.8. The Morgan fingerprint density at radius 1 is 1.17 bits per heavy atom. The summed E-state index contributed by atoms with van der Waals surface area (Å²) in [4.78, 5) is 23.6. The summed E-state index contributed by atoms with van der Waals surface area (Å²) < 4.78 is 0. The maximum absolute atomic E-state index is 12.5. The number of carboxylic acid groups (broad SMARTS) is 1. The van der Waals surface area contributed by atoms with Gasteiger partial charge in [-0.1, -0.05) is 32.0 Å². The van der Waals surface area contributed by atoms with E-state index in [1.165, 1.54) is 16.7 Å². The van der Waals surface area contributed by atoms with Crippen LogP contribution in [0.4, 0.5) is 0 Å². The van der Waals surface area contributed by atoms with Crippen LogP contribution in [0, 0.1) is 11.8 Å². The fraction of sp³-hybridized carbons (Fsp3) is 0.579. The van der Waals surface area contributed by atoms with Gasteiger partial charge in [0.15, 0.2) is 0 Å². The molecule has 2 aliphatic carbocycles. The smallest absolute Gasteiger partial charge is 0.307 e. The van der Waals surface area contributed by atoms with Crippen molar-refractivity contribution in [2.45, 2.75) is 57.9 Å². The number of carboxylic acids is 1. The Hall–Kier alpha value is -1.84. The number of benzene rings is 1. The number of hydrogen-bond acceptors (Lipinski definition) is 2. The van der Waals surface area contributed by atoms with Gasteiger partial charge in [0.2, 0.25) is 5.91 Å². The molecular formula is C19H25NO3. The monoisotopic (exact) mass is 315 g/mol. The van der Waals surface area contributed by atoms with Crippen LogP contribution in [0.3, 0.4) is 0 Å². The molecule has 0 bridgehead atoms. The summed E-state index contributed by atoms with van der Waals surface area (Å²) in [6.45, 7) is 4.34. The normalized spacial score (nSPS) is 26.3. The van der Waals surface area contributed by atoms with Gasteiger partial charge in [0.05, 0.1) is 17.9 Å². The average Bonchev–Trinajstić information content (AvgIpc) is 2.45. The SMILES string of the molecule is CC(C)c1ccc2c(c1)[C@H](NC(=O)C1CCC1C(=O)O)CCC2. The molecule has 0 saturated heterocycles. The second kappa shape index (κ2) is 6.34. The Kier molecular flexibility index (Phi) is 4.42. The highest BCUT2D eigenvalue weighted by Gasteiger charge is 2.42. The number of rotatable bonds is 4. The fourth-order valence-electron chi connectivity index (χ4n) is 3.71. The first kappa shape index (κ1) is 16.0. The zero-order chi connectivity index (χ0) is 16.6. The van der Waals surface area contributed by atoms with E-state index in [-0.39, 0.29) is 17.9 Å². The first-order valence-electron chi connectivity index (χ1n) is 8.63. The first-order valence-corrected chi connectivity index (χ1v) is 8.63. The molecule has 0 aromatic heterocycles. The minimum absolute atomic E-state index is 0.0278. The molecule has 0 aliphatic heterocycles. The van der Waals surface area contributed by atoms with Crippen LogP contribution in [0.1, 0.15) is 68.2 Å². The number of fused-ring (bicyclic) bond motifs is 1. The van der Waals surface area contributed by atoms with Gasteiger partial charge in [-0.2, -0.15) is 0 Å². The summed E-state index contributed by atoms with van der Waals surface area (Å²) in [6, 6.07) is 6.62. The van der Waals surface area contributed by atoms with Crippen LogP contribution < -0.4 is 5.32 Å². The Balaban J connectivity index is 1.76. The van der Waals surface area contributed by atoms with E-state index in [1.807, 2.05) is 0 Å². The minimum Gasteiger partial charge on any atom is -0.481 e. The number of amides is 1. The maximum Gasteiger partial charge on any atom is 0.307 e. The molecule has 1 aromatic carbocycles. The number of carbonyl (C=O) groups excluding carboxylic acids is 1. The molecule has 4 nitrogen and oxygen atoms in total. The molecule has 3 atom stereocenters. The van der Waals surface area contributed by atoms with E-state index in [1.54, 1.807) is 0 Å². The maximum atomic E-state index is 12.5. The third kappa shape index (κ3) is 3.12. The summed E-state index contributed by atoms with van der Waals surface area (Å²) in [7, 11) is 0. The van der Waals surface area contributed by atoms with Crippen LogP contribution in [-0.4, -0.2) is 17.0 Å². The van der Waals surface area contributed by atoms with Crippen molar-refractivity contribution in [1.82, 2.24) is 5.32 Å². The molecular weight excluding hydrogens is 290 g/mol. The van der Waals surface area contributed by atoms with Crippen LogP contribution in [0.25, 0.3) is 0 Å². The van der Waals surface area contributed by atoms with E-state index < -0.39 is 11.9 Å². The highest BCUT2D eigenvalue weighted by molar-refractivity contribution is 5.86. The lowest BCUT2D eigenvalue weighted by Crippen LogP contribution is -2.45. The van der Waals surface area contributed by atoms with E-state index in [9.17, 15) is 9.59 Å². The topological polar surface area (TPSA) is 66.4 Å². The fourth-order valence-corrected chi connectivity index (χ4v) is 3.71. The molecule has 0 spiro atoms. The van der Waals surface area contributed by atoms with Crippen molar-refractivity contribution in [3.63, 3.8) is 0 Å². The van der Waals surface area contributed by atoms with E-state index >= 15 is 0 Å². The summed E-state index contributed by atoms with van der Waals surface area (Å²) in [5, 5.41) is 12.3. The molecule has 1 amide bonds. The molecule has 1 fully saturated rings. The van der Waals surface area contributed by atoms with Crippen molar-refractivity contribution >= 4 is 11.9 Å². The molecule has 0 heterocycles. The molecule has 2 unspecified atom stereocenters. The average molecular weight is 315 g/mol. The van der Waals surface area contributed by atoms with Crippen LogP contribution in [-0.2, 0) is 16.0 Å². The van der Waals surface area contributed by atoms with Crippen molar-refractivity contribution < 1.29 is 14.7 Å². The summed E-state index contributed by atoms with van der Waals surface area (Å²) >= 11 is 0. The summed E-state index contributed by atoms with van der Waals surface area (Å²) in [6.07, 6.45) is 4.36. The van der Waals surface area contributed by atoms with E-state index in [0.717, 1.165) is 19.3 Å². The Morgan fingerprint density at radius 2 is 1.91 bits per heavy atom. The van der Waals surface area contributed by atoms with Gasteiger partial charge >= 0.3 is 5.97 Å². The van der Waals surface area contributed by atoms with Crippen molar-refractivity contribution in [1.29, 1.82) is 0 Å². The highest BCUT2D eigenvalue weighted by atomic mass is 16.4. The largest absolute Gasteiger partial charge is 0.481 e. The van der Waals surface area contributed by atoms with Crippen LogP contribution in [0.5, 0.6) is 0 Å². The minimum atomic E-state index is -0.845. The molecule has 124 valence electrons. The third-order valence-electron chi connectivity index (χ3n) is 5.40. The summed E-state index contributed by atoms with van der Waals surface area (Å²) in [5.41, 5.74) is 3.83. The van der Waals surface area contributed by atoms with Crippen molar-refractivity contribution in [3.05, 3.63) is 34.9 Å². The molecule has 0 radical (unpaired) electrons. The lowest BCUT2D eigenvalue weighted by Gasteiger charge is -2.35. The molecule has 1 saturated carbocycles. The van der Waals surface area contributed by atoms with Gasteiger partial charge in [0.1, 0.15) is 0 Å². The molecule has 23 heavy (non-hydrogen) atoms. The van der Waals surface area contributed by atoms with Gasteiger partial charge in [0.25, 0.3) is 0 Å². The second-order valence-electron chi connectivity index (χ2n) is 7.19. The van der Waals surface area contributed by atoms with E-state index in [0.29, 0.717) is 18.8 Å². The van der Waals surface area contributed by atoms with Gasteiger partial charge in [-0.15, -0.1) is 0 Å². The van der Waals surface area contributed by atoms with Gasteiger partial charge < -0.3 is 10.4 Å². The zero-order valence-electron chi connectivity index (χ0n) is 13.8. The molecule has 2 aliphatic rings. The van der Waals surface area contributed by atoms with E-state index in [2.05, 4.69) is 37.4 Å². The number of aliphatic carboxylic acids is 1. The molecule has 3 rings (SSSR count). The Labute approximate surface area is 137 Å². The number of nitrogens with one attached hydrogen (secondary N) is 1. The second-order valence-corrected chi connectivity index (χ2v) is 7.19. The lowest BCUT2D eigenvalue weighted by atomic mass is 9.73. The Morgan fingerprint density at radius 3 is 2.52 bits per heavy atom. The van der Waals surface area contributed by atoms with E-state index in [4.69, 9.17) is 5.11 Å². The van der Waals surface area contributed by atoms with Crippen molar-refractivity contribution in [3.8, 4) is 0 Å². The third-order valence-corrected chi connectivity index (χ3v) is 5.40. The lowest BCUT2D eigenvalue weighted by molar-refractivity contribution is -0.153. The van der Waals surface area contributed by atoms with Crippen LogP contribution in [0.2, 0.25) is 0 Å². The predicted molar refractivity (Wildman–Crippen MR) is 88.2 cm³/mol. The molecule has 1 aromatic rings. The number of aryl methyl sites for hydroxylation is 1. The van der Waals surface area contributed by atoms with Gasteiger partial charge in [-0.05, 0) is 54.7 Å². The molecule has 4 heteroatoms. The van der Waals surface area contributed by atoms with Gasteiger partial charge in [-0.3, -0.25) is 9.59 Å². The molecule has 2 N–H and O–H groups in total. The van der Waals surface area contributed by atoms with Gasteiger partial charge in [0, 0.05) is 0 Å². The van der Waals surface area contributed by atoms with Crippen LogP contribution >= 0.6 is 0 Å². The predicted octanol–water partition coefficient (Wildman–Crippen LogP) is 3.41. The first-order chi connectivity index (χ1) is 11.0. The van der Waals surface area contributed by atoms with Crippen molar-refractivity contribution in [2.24, 2.45) is 11.8 Å². The summed E-state index contributed by atoms with van der Waals surface area (Å²) in [5.74, 6) is -1.33. The number of carbonyl (C=O) groups is 2. The standard InChI is InChI=1S/C19H25NO3/c1-11(2)13-7-6-12-4-3-5-17(16(12)10-13)20-18(21)14-8-9-15(14)19(22)23/h6-7,10-11,14-15,17H,3-5,8-9H2,1-2H3,(H,20,21)(H,22,23)/t14?,15?,17-/m1/s1. The van der Waals surface area contributed by atoms with Crippen molar-refractivity contribution in [2.75, 3.05) is 0 Å². The highest BCUT2D eigenvalue weighted by Crippen LogP contribution is 2.37. The van der Waals surface area contributed by atoms with Crippen LogP contribution in [0.15, 0.2) is 18.2 Å². The Bertz CT molecular complexity index is 623. The quantitative estimate of drug-likeness (QED) is 0.894. The number of hydrogen-bond donors (Lipinski definition) is 2. The van der Waals surface area contributed by atoms with Gasteiger partial charge in [-0.25, -0.2) is 0 Å².